The lowest BCUT2D eigenvalue weighted by Gasteiger charge is -2.10. The number of benzene rings is 2. The number of nitrogens with two attached hydrogens (primary N) is 1. The molecular weight excluding hydrogens is 242 g/mol. The zero-order valence-corrected chi connectivity index (χ0v) is 10.6. The van der Waals surface area contributed by atoms with E-state index >= 15 is 0 Å². The Morgan fingerprint density at radius 3 is 2.53 bits per heavy atom. The first-order valence-corrected chi connectivity index (χ1v) is 6.09. The topological polar surface area (TPSA) is 64.7 Å². The van der Waals surface area contributed by atoms with Gasteiger partial charge in [0, 0.05) is 0 Å². The Kier molecular flexibility index (Phi) is 4.64. The zero-order valence-electron chi connectivity index (χ0n) is 10.6. The van der Waals surface area contributed by atoms with Crippen LogP contribution in [0, 0.1) is 0 Å². The zero-order chi connectivity index (χ0) is 13.5. The average Bonchev–Trinajstić information content (AvgIpc) is 2.45. The van der Waals surface area contributed by atoms with E-state index in [1.807, 2.05) is 36.4 Å². The van der Waals surface area contributed by atoms with Crippen molar-refractivity contribution in [2.75, 3.05) is 18.9 Å². The number of hydrogen-bond donors (Lipinski definition) is 2. The lowest BCUT2D eigenvalue weighted by atomic mass is 10.2. The van der Waals surface area contributed by atoms with Crippen LogP contribution in [0.3, 0.4) is 0 Å². The summed E-state index contributed by atoms with van der Waals surface area (Å²) in [5, 5.41) is 9.02. The molecule has 2 rings (SSSR count). The van der Waals surface area contributed by atoms with Crippen molar-refractivity contribution < 1.29 is 14.6 Å². The third kappa shape index (κ3) is 3.89. The summed E-state index contributed by atoms with van der Waals surface area (Å²) in [6.45, 7) is 0.842. The highest BCUT2D eigenvalue weighted by Crippen LogP contribution is 2.19. The molecule has 0 aliphatic rings. The second-order valence-electron chi connectivity index (χ2n) is 4.04. The minimum atomic E-state index is 0.00818. The second kappa shape index (κ2) is 6.66. The lowest BCUT2D eigenvalue weighted by molar-refractivity contribution is 0.217. The van der Waals surface area contributed by atoms with Crippen LogP contribution in [-0.2, 0) is 6.61 Å². The summed E-state index contributed by atoms with van der Waals surface area (Å²) in [4.78, 5) is 0. The Morgan fingerprint density at radius 2 is 1.74 bits per heavy atom. The highest BCUT2D eigenvalue weighted by molar-refractivity contribution is 5.51. The molecule has 0 saturated carbocycles. The van der Waals surface area contributed by atoms with Gasteiger partial charge in [0.25, 0.3) is 0 Å². The molecule has 3 N–H and O–H groups in total. The number of rotatable bonds is 6. The maximum atomic E-state index is 9.02. The highest BCUT2D eigenvalue weighted by Gasteiger charge is 1.99. The fourth-order valence-corrected chi connectivity index (χ4v) is 1.66. The Balaban J connectivity index is 1.79. The van der Waals surface area contributed by atoms with Crippen molar-refractivity contribution >= 4 is 5.69 Å². The minimum absolute atomic E-state index is 0.00818. The van der Waals surface area contributed by atoms with Gasteiger partial charge in [-0.3, -0.25) is 0 Å². The predicted octanol–water partition coefficient (Wildman–Crippen LogP) is 2.22. The number of aliphatic hydroxyl groups excluding tert-OH is 1. The van der Waals surface area contributed by atoms with Gasteiger partial charge >= 0.3 is 0 Å². The molecule has 4 nitrogen and oxygen atoms in total. The van der Waals surface area contributed by atoms with E-state index in [4.69, 9.17) is 20.3 Å². The molecule has 0 aliphatic carbocycles. The molecule has 0 aliphatic heterocycles. The summed E-state index contributed by atoms with van der Waals surface area (Å²) in [5.74, 6) is 1.38. The summed E-state index contributed by atoms with van der Waals surface area (Å²) >= 11 is 0. The van der Waals surface area contributed by atoms with Crippen LogP contribution in [0.5, 0.6) is 11.5 Å². The molecule has 0 spiro atoms. The molecule has 0 unspecified atom stereocenters. The van der Waals surface area contributed by atoms with E-state index in [0.29, 0.717) is 24.7 Å². The molecule has 100 valence electrons. The van der Waals surface area contributed by atoms with Gasteiger partial charge in [-0.15, -0.1) is 0 Å². The smallest absolute Gasteiger partial charge is 0.142 e. The summed E-state index contributed by atoms with van der Waals surface area (Å²) in [6, 6.07) is 14.7. The van der Waals surface area contributed by atoms with Gasteiger partial charge in [0.05, 0.1) is 12.3 Å². The maximum Gasteiger partial charge on any atom is 0.142 e. The van der Waals surface area contributed by atoms with Crippen molar-refractivity contribution in [2.24, 2.45) is 0 Å². The number of para-hydroxylation sites is 2. The van der Waals surface area contributed by atoms with Gasteiger partial charge in [0.15, 0.2) is 0 Å². The van der Waals surface area contributed by atoms with E-state index in [1.54, 1.807) is 12.1 Å². The molecule has 19 heavy (non-hydrogen) atoms. The van der Waals surface area contributed by atoms with Crippen molar-refractivity contribution in [2.45, 2.75) is 6.61 Å². The van der Waals surface area contributed by atoms with Gasteiger partial charge in [0.2, 0.25) is 0 Å². The Hall–Kier alpha value is -2.20. The Labute approximate surface area is 112 Å². The molecule has 0 amide bonds. The molecule has 4 heteroatoms. The lowest BCUT2D eigenvalue weighted by Crippen LogP contribution is -2.10. The van der Waals surface area contributed by atoms with Gasteiger partial charge in [-0.1, -0.05) is 24.3 Å². The van der Waals surface area contributed by atoms with Gasteiger partial charge in [0.1, 0.15) is 24.7 Å². The molecule has 0 heterocycles. The van der Waals surface area contributed by atoms with Crippen molar-refractivity contribution in [1.82, 2.24) is 0 Å². The van der Waals surface area contributed by atoms with Crippen molar-refractivity contribution in [3.8, 4) is 11.5 Å². The standard InChI is InChI=1S/C15H17NO3/c16-14-6-1-2-7-15(14)19-9-8-18-13-5-3-4-12(10-13)11-17/h1-7,10,17H,8-9,11,16H2. The summed E-state index contributed by atoms with van der Waals surface area (Å²) in [7, 11) is 0. The van der Waals surface area contributed by atoms with E-state index < -0.39 is 0 Å². The Morgan fingerprint density at radius 1 is 0.947 bits per heavy atom. The van der Waals surface area contributed by atoms with Crippen LogP contribution in [0.1, 0.15) is 5.56 Å². The van der Waals surface area contributed by atoms with Gasteiger partial charge in [-0.05, 0) is 29.8 Å². The number of aliphatic hydroxyl groups is 1. The molecule has 0 atom stereocenters. The first kappa shape index (κ1) is 13.2. The first-order valence-electron chi connectivity index (χ1n) is 6.09. The van der Waals surface area contributed by atoms with Crippen molar-refractivity contribution in [3.05, 3.63) is 54.1 Å². The van der Waals surface area contributed by atoms with Crippen LogP contribution >= 0.6 is 0 Å². The first-order chi connectivity index (χ1) is 9.29. The van der Waals surface area contributed by atoms with Crippen LogP contribution < -0.4 is 15.2 Å². The quantitative estimate of drug-likeness (QED) is 0.616. The number of ether oxygens (including phenoxy) is 2. The number of anilines is 1. The normalized spacial score (nSPS) is 10.2. The summed E-state index contributed by atoms with van der Waals surface area (Å²) in [6.07, 6.45) is 0. The minimum Gasteiger partial charge on any atom is -0.490 e. The molecule has 0 fully saturated rings. The Bertz CT molecular complexity index is 528. The van der Waals surface area contributed by atoms with E-state index in [-0.39, 0.29) is 6.61 Å². The van der Waals surface area contributed by atoms with E-state index in [9.17, 15) is 0 Å². The summed E-state index contributed by atoms with van der Waals surface area (Å²) in [5.41, 5.74) is 7.20. The third-order valence-corrected chi connectivity index (χ3v) is 2.61. The molecule has 2 aromatic carbocycles. The van der Waals surface area contributed by atoms with E-state index in [0.717, 1.165) is 11.3 Å². The fourth-order valence-electron chi connectivity index (χ4n) is 1.66. The van der Waals surface area contributed by atoms with Crippen LogP contribution in [0.4, 0.5) is 5.69 Å². The number of nitrogen functional groups attached to an aromatic ring is 1. The molecular formula is C15H17NO3. The molecule has 0 aromatic heterocycles. The van der Waals surface area contributed by atoms with E-state index in [2.05, 4.69) is 0 Å². The van der Waals surface area contributed by atoms with Gasteiger partial charge in [-0.25, -0.2) is 0 Å². The predicted molar refractivity (Wildman–Crippen MR) is 74.2 cm³/mol. The second-order valence-corrected chi connectivity index (χ2v) is 4.04. The molecule has 0 saturated heterocycles. The van der Waals surface area contributed by atoms with Gasteiger partial charge < -0.3 is 20.3 Å². The third-order valence-electron chi connectivity index (χ3n) is 2.61. The number of hydrogen-bond acceptors (Lipinski definition) is 4. The molecule has 0 radical (unpaired) electrons. The largest absolute Gasteiger partial charge is 0.490 e. The average molecular weight is 259 g/mol. The van der Waals surface area contributed by atoms with E-state index in [1.165, 1.54) is 0 Å². The highest BCUT2D eigenvalue weighted by atomic mass is 16.5. The molecule has 0 bridgehead atoms. The SMILES string of the molecule is Nc1ccccc1OCCOc1cccc(CO)c1. The fraction of sp³-hybridized carbons (Fsp3) is 0.200. The van der Waals surface area contributed by atoms with Gasteiger partial charge in [-0.2, -0.15) is 0 Å². The monoisotopic (exact) mass is 259 g/mol. The maximum absolute atomic E-state index is 9.02. The van der Waals surface area contributed by atoms with Crippen LogP contribution in [0.15, 0.2) is 48.5 Å². The van der Waals surface area contributed by atoms with Crippen LogP contribution in [-0.4, -0.2) is 18.3 Å². The van der Waals surface area contributed by atoms with Crippen LogP contribution in [0.2, 0.25) is 0 Å². The summed E-state index contributed by atoms with van der Waals surface area (Å²) < 4.78 is 11.0. The van der Waals surface area contributed by atoms with Crippen LogP contribution in [0.25, 0.3) is 0 Å². The molecule has 2 aromatic rings. The van der Waals surface area contributed by atoms with Crippen molar-refractivity contribution in [1.29, 1.82) is 0 Å². The van der Waals surface area contributed by atoms with Crippen molar-refractivity contribution in [3.63, 3.8) is 0 Å².